The number of aryl methyl sites for hydroxylation is 1. The van der Waals surface area contributed by atoms with E-state index in [9.17, 15) is 4.79 Å². The van der Waals surface area contributed by atoms with E-state index in [-0.39, 0.29) is 12.1 Å². The Balaban J connectivity index is 1.85. The SMILES string of the molecule is C/C=C\COC1CCCN(C(=O)Nc2ccc(C)cc2)C1. The second kappa shape index (κ2) is 7.84. The zero-order valence-electron chi connectivity index (χ0n) is 12.8. The van der Waals surface area contributed by atoms with Gasteiger partial charge in [0.05, 0.1) is 12.7 Å². The van der Waals surface area contributed by atoms with Gasteiger partial charge in [-0.2, -0.15) is 0 Å². The number of rotatable bonds is 4. The van der Waals surface area contributed by atoms with Crippen LogP contribution in [0.15, 0.2) is 36.4 Å². The molecule has 1 heterocycles. The Morgan fingerprint density at radius 3 is 2.90 bits per heavy atom. The van der Waals surface area contributed by atoms with Gasteiger partial charge in [-0.15, -0.1) is 0 Å². The highest BCUT2D eigenvalue weighted by atomic mass is 16.5. The zero-order valence-corrected chi connectivity index (χ0v) is 12.8. The van der Waals surface area contributed by atoms with Gasteiger partial charge in [-0.1, -0.05) is 29.8 Å². The van der Waals surface area contributed by atoms with Crippen LogP contribution in [0.3, 0.4) is 0 Å². The maximum absolute atomic E-state index is 12.3. The second-order valence-corrected chi connectivity index (χ2v) is 5.41. The summed E-state index contributed by atoms with van der Waals surface area (Å²) in [5, 5.41) is 2.94. The van der Waals surface area contributed by atoms with E-state index in [1.54, 1.807) is 0 Å². The molecule has 1 N–H and O–H groups in total. The van der Waals surface area contributed by atoms with Crippen molar-refractivity contribution in [1.29, 1.82) is 0 Å². The summed E-state index contributed by atoms with van der Waals surface area (Å²) < 4.78 is 5.76. The van der Waals surface area contributed by atoms with Gasteiger partial charge in [-0.25, -0.2) is 4.79 Å². The van der Waals surface area contributed by atoms with Crippen molar-refractivity contribution in [3.05, 3.63) is 42.0 Å². The molecule has 1 aromatic carbocycles. The number of nitrogens with zero attached hydrogens (tertiary/aromatic N) is 1. The fourth-order valence-corrected chi connectivity index (χ4v) is 2.39. The Bertz CT molecular complexity index is 482. The number of benzene rings is 1. The minimum atomic E-state index is -0.0433. The third-order valence-electron chi connectivity index (χ3n) is 3.63. The van der Waals surface area contributed by atoms with E-state index in [1.165, 1.54) is 5.56 Å². The van der Waals surface area contributed by atoms with Gasteiger partial charge in [-0.3, -0.25) is 0 Å². The summed E-state index contributed by atoms with van der Waals surface area (Å²) in [6, 6.07) is 7.80. The molecular formula is C17H24N2O2. The monoisotopic (exact) mass is 288 g/mol. The number of hydrogen-bond acceptors (Lipinski definition) is 2. The van der Waals surface area contributed by atoms with Gasteiger partial charge in [0.15, 0.2) is 0 Å². The van der Waals surface area contributed by atoms with Crippen molar-refractivity contribution in [1.82, 2.24) is 4.90 Å². The summed E-state index contributed by atoms with van der Waals surface area (Å²) in [6.45, 7) is 6.08. The average Bonchev–Trinajstić information content (AvgIpc) is 2.50. The lowest BCUT2D eigenvalue weighted by Gasteiger charge is -2.32. The summed E-state index contributed by atoms with van der Waals surface area (Å²) in [7, 11) is 0. The first-order valence-electron chi connectivity index (χ1n) is 7.54. The van der Waals surface area contributed by atoms with E-state index in [0.29, 0.717) is 13.2 Å². The molecule has 0 aliphatic carbocycles. The molecule has 1 aromatic rings. The number of piperidine rings is 1. The lowest BCUT2D eigenvalue weighted by molar-refractivity contribution is 0.0261. The van der Waals surface area contributed by atoms with Crippen LogP contribution >= 0.6 is 0 Å². The standard InChI is InChI=1S/C17H24N2O2/c1-3-4-12-21-16-6-5-11-19(13-16)17(20)18-15-9-7-14(2)8-10-15/h3-4,7-10,16H,5-6,11-13H2,1-2H3,(H,18,20)/b4-3-. The summed E-state index contributed by atoms with van der Waals surface area (Å²) in [6.07, 6.45) is 6.11. The number of allylic oxidation sites excluding steroid dienone is 1. The van der Waals surface area contributed by atoms with Crippen molar-refractivity contribution in [2.45, 2.75) is 32.8 Å². The van der Waals surface area contributed by atoms with Crippen LogP contribution in [0.5, 0.6) is 0 Å². The van der Waals surface area contributed by atoms with Crippen molar-refractivity contribution in [2.24, 2.45) is 0 Å². The molecule has 1 unspecified atom stereocenters. The first-order valence-corrected chi connectivity index (χ1v) is 7.54. The minimum absolute atomic E-state index is 0.0433. The van der Waals surface area contributed by atoms with Crippen LogP contribution in [-0.2, 0) is 4.74 Å². The summed E-state index contributed by atoms with van der Waals surface area (Å²) in [5.41, 5.74) is 2.02. The molecule has 2 rings (SSSR count). The molecule has 21 heavy (non-hydrogen) atoms. The molecule has 0 bridgehead atoms. The fourth-order valence-electron chi connectivity index (χ4n) is 2.39. The molecule has 1 atom stereocenters. The molecule has 4 heteroatoms. The predicted octanol–water partition coefficient (Wildman–Crippen LogP) is 3.58. The van der Waals surface area contributed by atoms with Crippen molar-refractivity contribution in [3.63, 3.8) is 0 Å². The van der Waals surface area contributed by atoms with Crippen molar-refractivity contribution in [3.8, 4) is 0 Å². The lowest BCUT2D eigenvalue weighted by Crippen LogP contribution is -2.45. The Kier molecular flexibility index (Phi) is 5.81. The number of carbonyl (C=O) groups is 1. The highest BCUT2D eigenvalue weighted by molar-refractivity contribution is 5.89. The molecule has 0 aromatic heterocycles. The maximum atomic E-state index is 12.3. The zero-order chi connectivity index (χ0) is 15.1. The normalized spacial score (nSPS) is 19.0. The number of anilines is 1. The van der Waals surface area contributed by atoms with Crippen LogP contribution in [0.2, 0.25) is 0 Å². The van der Waals surface area contributed by atoms with Gasteiger partial charge in [0, 0.05) is 18.8 Å². The Labute approximate surface area is 126 Å². The van der Waals surface area contributed by atoms with Gasteiger partial charge in [-0.05, 0) is 38.8 Å². The Morgan fingerprint density at radius 1 is 1.43 bits per heavy atom. The number of urea groups is 1. The third kappa shape index (κ3) is 4.90. The third-order valence-corrected chi connectivity index (χ3v) is 3.63. The topological polar surface area (TPSA) is 41.6 Å². The highest BCUT2D eigenvalue weighted by Crippen LogP contribution is 2.15. The number of carbonyl (C=O) groups excluding carboxylic acids is 1. The van der Waals surface area contributed by atoms with Gasteiger partial charge in [0.1, 0.15) is 0 Å². The quantitative estimate of drug-likeness (QED) is 0.860. The van der Waals surface area contributed by atoms with E-state index in [2.05, 4.69) is 5.32 Å². The van der Waals surface area contributed by atoms with Gasteiger partial charge in [0.25, 0.3) is 0 Å². The number of hydrogen-bond donors (Lipinski definition) is 1. The number of amides is 2. The Morgan fingerprint density at radius 2 is 2.19 bits per heavy atom. The largest absolute Gasteiger partial charge is 0.372 e. The van der Waals surface area contributed by atoms with Gasteiger partial charge in [0.2, 0.25) is 0 Å². The molecule has 0 saturated carbocycles. The highest BCUT2D eigenvalue weighted by Gasteiger charge is 2.23. The number of ether oxygens (including phenoxy) is 1. The first-order chi connectivity index (χ1) is 10.2. The maximum Gasteiger partial charge on any atom is 0.321 e. The van der Waals surface area contributed by atoms with E-state index in [0.717, 1.165) is 25.1 Å². The Hall–Kier alpha value is -1.81. The smallest absolute Gasteiger partial charge is 0.321 e. The molecule has 1 aliphatic heterocycles. The number of nitrogens with one attached hydrogen (secondary N) is 1. The second-order valence-electron chi connectivity index (χ2n) is 5.41. The summed E-state index contributed by atoms with van der Waals surface area (Å²) >= 11 is 0. The molecule has 2 amide bonds. The van der Waals surface area contributed by atoms with Crippen LogP contribution in [0.1, 0.15) is 25.3 Å². The van der Waals surface area contributed by atoms with E-state index < -0.39 is 0 Å². The fraction of sp³-hybridized carbons (Fsp3) is 0.471. The van der Waals surface area contributed by atoms with Gasteiger partial charge < -0.3 is 15.0 Å². The molecule has 1 fully saturated rings. The summed E-state index contributed by atoms with van der Waals surface area (Å²) in [4.78, 5) is 14.1. The molecule has 1 saturated heterocycles. The van der Waals surface area contributed by atoms with Crippen molar-refractivity contribution in [2.75, 3.05) is 25.0 Å². The molecule has 0 radical (unpaired) electrons. The van der Waals surface area contributed by atoms with E-state index in [4.69, 9.17) is 4.74 Å². The van der Waals surface area contributed by atoms with Crippen molar-refractivity contribution < 1.29 is 9.53 Å². The van der Waals surface area contributed by atoms with Crippen molar-refractivity contribution >= 4 is 11.7 Å². The van der Waals surface area contributed by atoms with Crippen LogP contribution in [0, 0.1) is 6.92 Å². The van der Waals surface area contributed by atoms with E-state index in [1.807, 2.05) is 55.2 Å². The molecule has 4 nitrogen and oxygen atoms in total. The predicted molar refractivity (Wildman–Crippen MR) is 85.6 cm³/mol. The average molecular weight is 288 g/mol. The van der Waals surface area contributed by atoms with Crippen LogP contribution in [-0.4, -0.2) is 36.7 Å². The molecular weight excluding hydrogens is 264 g/mol. The number of likely N-dealkylation sites (tertiary alicyclic amines) is 1. The lowest BCUT2D eigenvalue weighted by atomic mass is 10.1. The van der Waals surface area contributed by atoms with Crippen LogP contribution in [0.25, 0.3) is 0 Å². The van der Waals surface area contributed by atoms with Crippen LogP contribution in [0.4, 0.5) is 10.5 Å². The summed E-state index contributed by atoms with van der Waals surface area (Å²) in [5.74, 6) is 0. The van der Waals surface area contributed by atoms with Gasteiger partial charge >= 0.3 is 6.03 Å². The molecule has 0 spiro atoms. The molecule has 114 valence electrons. The first kappa shape index (κ1) is 15.6. The van der Waals surface area contributed by atoms with E-state index >= 15 is 0 Å². The molecule has 1 aliphatic rings. The minimum Gasteiger partial charge on any atom is -0.372 e. The van der Waals surface area contributed by atoms with Crippen LogP contribution < -0.4 is 5.32 Å².